The van der Waals surface area contributed by atoms with Crippen molar-refractivity contribution in [2.75, 3.05) is 11.5 Å². The van der Waals surface area contributed by atoms with Gasteiger partial charge in [0.05, 0.1) is 11.5 Å². The van der Waals surface area contributed by atoms with Crippen LogP contribution >= 0.6 is 0 Å². The van der Waals surface area contributed by atoms with Crippen molar-refractivity contribution in [1.82, 2.24) is 4.57 Å². The van der Waals surface area contributed by atoms with Gasteiger partial charge in [0.1, 0.15) is 9.84 Å². The van der Waals surface area contributed by atoms with Crippen LogP contribution < -0.4 is 0 Å². The van der Waals surface area contributed by atoms with Gasteiger partial charge in [-0.25, -0.2) is 8.42 Å². The summed E-state index contributed by atoms with van der Waals surface area (Å²) in [6, 6.07) is 4.34. The molecular weight excluding hydrogens is 186 g/mol. The standard InChI is InChI=1S/C9H13NO2S/c11-13(12)7-3-9(4-8-13)10-5-1-2-6-10/h1-2,5-6,9H,3-4,7-8H2. The summed E-state index contributed by atoms with van der Waals surface area (Å²) in [5.41, 5.74) is 0. The zero-order valence-corrected chi connectivity index (χ0v) is 8.20. The molecule has 0 unspecified atom stereocenters. The highest BCUT2D eigenvalue weighted by Gasteiger charge is 2.23. The quantitative estimate of drug-likeness (QED) is 0.682. The Morgan fingerprint density at radius 2 is 1.62 bits per heavy atom. The molecule has 1 aromatic rings. The lowest BCUT2D eigenvalue weighted by Gasteiger charge is -2.23. The molecule has 0 spiro atoms. The average molecular weight is 199 g/mol. The van der Waals surface area contributed by atoms with Gasteiger partial charge in [0.25, 0.3) is 0 Å². The number of hydrogen-bond acceptors (Lipinski definition) is 2. The maximum absolute atomic E-state index is 11.2. The summed E-state index contributed by atoms with van der Waals surface area (Å²) >= 11 is 0. The van der Waals surface area contributed by atoms with Crippen LogP contribution in [0.1, 0.15) is 18.9 Å². The number of rotatable bonds is 1. The van der Waals surface area contributed by atoms with Crippen LogP contribution in [0.25, 0.3) is 0 Å². The molecule has 2 heterocycles. The van der Waals surface area contributed by atoms with Crippen LogP contribution in [0.5, 0.6) is 0 Å². The van der Waals surface area contributed by atoms with E-state index in [0.29, 0.717) is 17.5 Å². The summed E-state index contributed by atoms with van der Waals surface area (Å²) in [6.07, 6.45) is 5.53. The van der Waals surface area contributed by atoms with Crippen LogP contribution in [0, 0.1) is 0 Å². The Kier molecular flexibility index (Phi) is 2.15. The SMILES string of the molecule is O=S1(=O)CCC(n2cccc2)CC1. The molecule has 0 N–H and O–H groups in total. The third kappa shape index (κ3) is 1.94. The van der Waals surface area contributed by atoms with Crippen LogP contribution in [0.2, 0.25) is 0 Å². The molecule has 0 atom stereocenters. The van der Waals surface area contributed by atoms with Crippen LogP contribution in [0.3, 0.4) is 0 Å². The van der Waals surface area contributed by atoms with E-state index in [1.54, 1.807) is 0 Å². The monoisotopic (exact) mass is 199 g/mol. The van der Waals surface area contributed by atoms with Crippen molar-refractivity contribution in [3.8, 4) is 0 Å². The molecule has 1 fully saturated rings. The van der Waals surface area contributed by atoms with Crippen molar-refractivity contribution in [3.63, 3.8) is 0 Å². The molecule has 1 aliphatic rings. The van der Waals surface area contributed by atoms with E-state index in [2.05, 4.69) is 4.57 Å². The fourth-order valence-corrected chi connectivity index (χ4v) is 3.23. The maximum Gasteiger partial charge on any atom is 0.150 e. The molecule has 0 bridgehead atoms. The maximum atomic E-state index is 11.2. The highest BCUT2D eigenvalue weighted by atomic mass is 32.2. The Morgan fingerprint density at radius 1 is 1.08 bits per heavy atom. The minimum atomic E-state index is -2.72. The molecule has 3 nitrogen and oxygen atoms in total. The number of nitrogens with zero attached hydrogens (tertiary/aromatic N) is 1. The van der Waals surface area contributed by atoms with E-state index in [1.807, 2.05) is 24.5 Å². The van der Waals surface area contributed by atoms with Gasteiger partial charge in [-0.3, -0.25) is 0 Å². The van der Waals surface area contributed by atoms with Crippen molar-refractivity contribution in [3.05, 3.63) is 24.5 Å². The molecule has 1 aliphatic heterocycles. The van der Waals surface area contributed by atoms with Gasteiger partial charge < -0.3 is 4.57 Å². The molecule has 1 saturated heterocycles. The Bertz CT molecular complexity index is 352. The average Bonchev–Trinajstić information content (AvgIpc) is 2.56. The van der Waals surface area contributed by atoms with Gasteiger partial charge in [-0.15, -0.1) is 0 Å². The summed E-state index contributed by atoms with van der Waals surface area (Å²) in [5, 5.41) is 0. The minimum absolute atomic E-state index is 0.343. The smallest absolute Gasteiger partial charge is 0.150 e. The molecule has 0 amide bonds. The molecule has 0 radical (unpaired) electrons. The van der Waals surface area contributed by atoms with Gasteiger partial charge >= 0.3 is 0 Å². The highest BCUT2D eigenvalue weighted by Crippen LogP contribution is 2.23. The van der Waals surface area contributed by atoms with E-state index in [0.717, 1.165) is 12.8 Å². The molecule has 4 heteroatoms. The Morgan fingerprint density at radius 3 is 2.15 bits per heavy atom. The molecule has 1 aromatic heterocycles. The van der Waals surface area contributed by atoms with Crippen LogP contribution in [-0.4, -0.2) is 24.5 Å². The summed E-state index contributed by atoms with van der Waals surface area (Å²) in [5.74, 6) is 0.686. The first-order chi connectivity index (χ1) is 6.17. The van der Waals surface area contributed by atoms with Crippen LogP contribution in [-0.2, 0) is 9.84 Å². The van der Waals surface area contributed by atoms with Gasteiger partial charge in [-0.2, -0.15) is 0 Å². The molecule has 0 aliphatic carbocycles. The lowest BCUT2D eigenvalue weighted by Crippen LogP contribution is -2.24. The second-order valence-corrected chi connectivity index (χ2v) is 5.82. The molecule has 13 heavy (non-hydrogen) atoms. The van der Waals surface area contributed by atoms with Crippen LogP contribution in [0.15, 0.2) is 24.5 Å². The molecule has 72 valence electrons. The summed E-state index contributed by atoms with van der Waals surface area (Å²) in [6.45, 7) is 0. The van der Waals surface area contributed by atoms with Crippen LogP contribution in [0.4, 0.5) is 0 Å². The van der Waals surface area contributed by atoms with Crippen molar-refractivity contribution < 1.29 is 8.42 Å². The second kappa shape index (κ2) is 3.18. The largest absolute Gasteiger partial charge is 0.351 e. The Balaban J connectivity index is 2.07. The van der Waals surface area contributed by atoms with E-state index in [9.17, 15) is 8.42 Å². The van der Waals surface area contributed by atoms with Gasteiger partial charge in [0.15, 0.2) is 0 Å². The van der Waals surface area contributed by atoms with Gasteiger partial charge in [-0.05, 0) is 25.0 Å². The van der Waals surface area contributed by atoms with E-state index < -0.39 is 9.84 Å². The Hall–Kier alpha value is -0.770. The van der Waals surface area contributed by atoms with E-state index in [4.69, 9.17) is 0 Å². The molecule has 0 saturated carbocycles. The zero-order chi connectivity index (χ0) is 9.31. The predicted molar refractivity (Wildman–Crippen MR) is 51.4 cm³/mol. The first-order valence-corrected chi connectivity index (χ1v) is 6.32. The normalized spacial score (nSPS) is 23.1. The number of aromatic nitrogens is 1. The van der Waals surface area contributed by atoms with Gasteiger partial charge in [0.2, 0.25) is 0 Å². The third-order valence-electron chi connectivity index (χ3n) is 2.57. The second-order valence-electron chi connectivity index (χ2n) is 3.51. The first-order valence-electron chi connectivity index (χ1n) is 4.50. The topological polar surface area (TPSA) is 39.1 Å². The fourth-order valence-electron chi connectivity index (χ4n) is 1.77. The highest BCUT2D eigenvalue weighted by molar-refractivity contribution is 7.91. The first kappa shape index (κ1) is 8.81. The third-order valence-corrected chi connectivity index (χ3v) is 4.29. The molecular formula is C9H13NO2S. The van der Waals surface area contributed by atoms with E-state index in [-0.39, 0.29) is 0 Å². The van der Waals surface area contributed by atoms with Crippen molar-refractivity contribution in [2.45, 2.75) is 18.9 Å². The number of hydrogen-bond donors (Lipinski definition) is 0. The molecule has 2 rings (SSSR count). The summed E-state index contributed by atoms with van der Waals surface area (Å²) in [7, 11) is -2.72. The van der Waals surface area contributed by atoms with Gasteiger partial charge in [0, 0.05) is 18.4 Å². The Labute approximate surface area is 78.3 Å². The minimum Gasteiger partial charge on any atom is -0.351 e. The fraction of sp³-hybridized carbons (Fsp3) is 0.556. The van der Waals surface area contributed by atoms with E-state index >= 15 is 0 Å². The van der Waals surface area contributed by atoms with Crippen molar-refractivity contribution in [2.24, 2.45) is 0 Å². The zero-order valence-electron chi connectivity index (χ0n) is 7.39. The van der Waals surface area contributed by atoms with Crippen molar-refractivity contribution >= 4 is 9.84 Å². The predicted octanol–water partition coefficient (Wildman–Crippen LogP) is 1.24. The van der Waals surface area contributed by atoms with Gasteiger partial charge in [-0.1, -0.05) is 0 Å². The number of sulfone groups is 1. The van der Waals surface area contributed by atoms with Crippen molar-refractivity contribution in [1.29, 1.82) is 0 Å². The van der Waals surface area contributed by atoms with E-state index in [1.165, 1.54) is 0 Å². The molecule has 0 aromatic carbocycles. The summed E-state index contributed by atoms with van der Waals surface area (Å²) < 4.78 is 24.4. The lowest BCUT2D eigenvalue weighted by atomic mass is 10.1. The summed E-state index contributed by atoms with van der Waals surface area (Å²) in [4.78, 5) is 0. The lowest BCUT2D eigenvalue weighted by molar-refractivity contribution is 0.451.